The van der Waals surface area contributed by atoms with Gasteiger partial charge in [0.05, 0.1) is 0 Å². The van der Waals surface area contributed by atoms with Crippen molar-refractivity contribution in [3.05, 3.63) is 28.2 Å². The van der Waals surface area contributed by atoms with Gasteiger partial charge in [-0.15, -0.1) is 0 Å². The number of benzene rings is 1. The van der Waals surface area contributed by atoms with Crippen molar-refractivity contribution in [2.24, 2.45) is 11.5 Å². The highest BCUT2D eigenvalue weighted by Crippen LogP contribution is 2.22. The van der Waals surface area contributed by atoms with E-state index >= 15 is 0 Å². The summed E-state index contributed by atoms with van der Waals surface area (Å²) >= 11 is 11.6. The number of nitrogens with two attached hydrogens (primary N) is 2. The van der Waals surface area contributed by atoms with Crippen molar-refractivity contribution >= 4 is 34.8 Å². The van der Waals surface area contributed by atoms with Gasteiger partial charge in [0, 0.05) is 22.3 Å². The average molecular weight is 248 g/mol. The van der Waals surface area contributed by atoms with Crippen LogP contribution in [0.4, 0.5) is 5.69 Å². The highest BCUT2D eigenvalue weighted by molar-refractivity contribution is 6.35. The molecule has 1 rings (SSSR count). The topological polar surface area (TPSA) is 81.1 Å². The molecule has 1 atom stereocenters. The molecule has 6 heteroatoms. The van der Waals surface area contributed by atoms with Crippen molar-refractivity contribution in [2.75, 3.05) is 11.9 Å². The summed E-state index contributed by atoms with van der Waals surface area (Å²) in [4.78, 5) is 10.7. The molecule has 5 N–H and O–H groups in total. The van der Waals surface area contributed by atoms with E-state index < -0.39 is 11.9 Å². The number of amides is 1. The first-order valence-electron chi connectivity index (χ1n) is 4.24. The van der Waals surface area contributed by atoms with Crippen LogP contribution < -0.4 is 16.8 Å². The van der Waals surface area contributed by atoms with Crippen molar-refractivity contribution in [3.8, 4) is 0 Å². The molecule has 0 fully saturated rings. The third kappa shape index (κ3) is 3.95. The van der Waals surface area contributed by atoms with Gasteiger partial charge in [-0.3, -0.25) is 4.79 Å². The van der Waals surface area contributed by atoms with Crippen molar-refractivity contribution in [1.82, 2.24) is 0 Å². The summed E-state index contributed by atoms with van der Waals surface area (Å²) in [7, 11) is 0. The van der Waals surface area contributed by atoms with Crippen molar-refractivity contribution in [3.63, 3.8) is 0 Å². The summed E-state index contributed by atoms with van der Waals surface area (Å²) in [6, 6.07) is 4.24. The van der Waals surface area contributed by atoms with Crippen LogP contribution in [0.3, 0.4) is 0 Å². The predicted octanol–water partition coefficient (Wildman–Crippen LogP) is 1.22. The summed E-state index contributed by atoms with van der Waals surface area (Å²) in [5, 5.41) is 3.94. The number of primary amides is 1. The van der Waals surface area contributed by atoms with Gasteiger partial charge in [0.15, 0.2) is 0 Å². The molecule has 1 aromatic rings. The maximum atomic E-state index is 10.7. The molecule has 0 aliphatic rings. The lowest BCUT2D eigenvalue weighted by atomic mass is 10.2. The summed E-state index contributed by atoms with van der Waals surface area (Å²) in [5.74, 6) is -0.560. The normalized spacial score (nSPS) is 12.2. The van der Waals surface area contributed by atoms with Crippen LogP contribution in [0.25, 0.3) is 0 Å². The number of anilines is 1. The molecule has 1 unspecified atom stereocenters. The minimum Gasteiger partial charge on any atom is -0.383 e. The summed E-state index contributed by atoms with van der Waals surface area (Å²) < 4.78 is 0. The van der Waals surface area contributed by atoms with E-state index in [1.54, 1.807) is 18.2 Å². The zero-order valence-corrected chi connectivity index (χ0v) is 9.35. The quantitative estimate of drug-likeness (QED) is 0.749. The van der Waals surface area contributed by atoms with Gasteiger partial charge in [0.2, 0.25) is 5.91 Å². The summed E-state index contributed by atoms with van der Waals surface area (Å²) in [6.07, 6.45) is 0. The van der Waals surface area contributed by atoms with Gasteiger partial charge in [0.1, 0.15) is 6.04 Å². The number of hydrogen-bond acceptors (Lipinski definition) is 3. The Hall–Kier alpha value is -0.970. The molecule has 0 aliphatic carbocycles. The van der Waals surface area contributed by atoms with Gasteiger partial charge in [-0.2, -0.15) is 0 Å². The largest absolute Gasteiger partial charge is 0.383 e. The van der Waals surface area contributed by atoms with Crippen molar-refractivity contribution in [1.29, 1.82) is 0 Å². The molecular weight excluding hydrogens is 237 g/mol. The van der Waals surface area contributed by atoms with Crippen LogP contribution >= 0.6 is 23.2 Å². The maximum absolute atomic E-state index is 10.7. The zero-order valence-electron chi connectivity index (χ0n) is 7.84. The van der Waals surface area contributed by atoms with Gasteiger partial charge in [-0.05, 0) is 18.2 Å². The fourth-order valence-electron chi connectivity index (χ4n) is 0.984. The van der Waals surface area contributed by atoms with Crippen LogP contribution in [0.15, 0.2) is 18.2 Å². The van der Waals surface area contributed by atoms with E-state index in [-0.39, 0.29) is 6.54 Å². The van der Waals surface area contributed by atoms with Crippen LogP contribution in [0, 0.1) is 0 Å². The zero-order chi connectivity index (χ0) is 11.4. The van der Waals surface area contributed by atoms with Crippen LogP contribution in [0.2, 0.25) is 10.0 Å². The van der Waals surface area contributed by atoms with Gasteiger partial charge in [0.25, 0.3) is 0 Å². The molecule has 0 saturated heterocycles. The second kappa shape index (κ2) is 5.21. The Balaban J connectivity index is 2.61. The van der Waals surface area contributed by atoms with E-state index in [0.29, 0.717) is 15.7 Å². The Bertz CT molecular complexity index is 350. The number of nitrogens with one attached hydrogen (secondary N) is 1. The number of carbonyl (C=O) groups excluding carboxylic acids is 1. The molecule has 0 radical (unpaired) electrons. The maximum Gasteiger partial charge on any atom is 0.236 e. The second-order valence-corrected chi connectivity index (χ2v) is 3.92. The molecule has 82 valence electrons. The summed E-state index contributed by atoms with van der Waals surface area (Å²) in [5.41, 5.74) is 11.1. The van der Waals surface area contributed by atoms with Crippen molar-refractivity contribution < 1.29 is 4.79 Å². The monoisotopic (exact) mass is 247 g/mol. The highest BCUT2D eigenvalue weighted by atomic mass is 35.5. The van der Waals surface area contributed by atoms with E-state index in [1.165, 1.54) is 0 Å². The number of rotatable bonds is 4. The predicted molar refractivity (Wildman–Crippen MR) is 62.1 cm³/mol. The minimum absolute atomic E-state index is 0.242. The third-order valence-corrected chi connectivity index (χ3v) is 2.19. The van der Waals surface area contributed by atoms with Gasteiger partial charge >= 0.3 is 0 Å². The Labute approximate surface area is 97.5 Å². The van der Waals surface area contributed by atoms with Crippen molar-refractivity contribution in [2.45, 2.75) is 6.04 Å². The van der Waals surface area contributed by atoms with Gasteiger partial charge < -0.3 is 16.8 Å². The molecule has 4 nitrogen and oxygen atoms in total. The number of hydrogen-bond donors (Lipinski definition) is 3. The van der Waals surface area contributed by atoms with Crippen LogP contribution in [0.1, 0.15) is 0 Å². The lowest BCUT2D eigenvalue weighted by Gasteiger charge is -2.10. The molecule has 0 bridgehead atoms. The van der Waals surface area contributed by atoms with Gasteiger partial charge in [-0.25, -0.2) is 0 Å². The first-order chi connectivity index (χ1) is 6.99. The van der Waals surface area contributed by atoms with Crippen LogP contribution in [-0.4, -0.2) is 18.5 Å². The molecule has 0 aliphatic heterocycles. The van der Waals surface area contributed by atoms with E-state index in [1.807, 2.05) is 0 Å². The minimum atomic E-state index is -0.734. The Morgan fingerprint density at radius 3 is 2.33 bits per heavy atom. The van der Waals surface area contributed by atoms with E-state index in [2.05, 4.69) is 5.32 Å². The molecule has 0 heterocycles. The molecule has 0 saturated carbocycles. The first-order valence-corrected chi connectivity index (χ1v) is 4.99. The SMILES string of the molecule is NC(=O)C(N)CNc1cc(Cl)cc(Cl)c1. The summed E-state index contributed by atoms with van der Waals surface area (Å²) in [6.45, 7) is 0.242. The number of carbonyl (C=O) groups is 1. The third-order valence-electron chi connectivity index (χ3n) is 1.75. The van der Waals surface area contributed by atoms with Gasteiger partial charge in [-0.1, -0.05) is 23.2 Å². The molecule has 15 heavy (non-hydrogen) atoms. The van der Waals surface area contributed by atoms with Crippen LogP contribution in [0.5, 0.6) is 0 Å². The second-order valence-electron chi connectivity index (χ2n) is 3.05. The lowest BCUT2D eigenvalue weighted by Crippen LogP contribution is -2.41. The fourth-order valence-corrected chi connectivity index (χ4v) is 1.51. The lowest BCUT2D eigenvalue weighted by molar-refractivity contribution is -0.118. The Morgan fingerprint density at radius 1 is 1.33 bits per heavy atom. The Morgan fingerprint density at radius 2 is 1.87 bits per heavy atom. The molecule has 1 amide bonds. The van der Waals surface area contributed by atoms with E-state index in [4.69, 9.17) is 34.7 Å². The number of halogens is 2. The average Bonchev–Trinajstić information content (AvgIpc) is 2.12. The highest BCUT2D eigenvalue weighted by Gasteiger charge is 2.08. The smallest absolute Gasteiger partial charge is 0.236 e. The standard InChI is InChI=1S/C9H11Cl2N3O/c10-5-1-6(11)3-7(2-5)14-4-8(12)9(13)15/h1-3,8,14H,4,12H2,(H2,13,15). The fraction of sp³-hybridized carbons (Fsp3) is 0.222. The molecular formula is C9H11Cl2N3O. The van der Waals surface area contributed by atoms with E-state index in [9.17, 15) is 4.79 Å². The molecule has 1 aromatic carbocycles. The van der Waals surface area contributed by atoms with E-state index in [0.717, 1.165) is 0 Å². The first kappa shape index (κ1) is 12.1. The van der Waals surface area contributed by atoms with Crippen LogP contribution in [-0.2, 0) is 4.79 Å². The Kier molecular flexibility index (Phi) is 4.20. The molecule has 0 aromatic heterocycles. The molecule has 0 spiro atoms.